The molecule has 4 heteroatoms. The lowest BCUT2D eigenvalue weighted by Gasteiger charge is -2.30. The van der Waals surface area contributed by atoms with Gasteiger partial charge in [0.2, 0.25) is 0 Å². The highest BCUT2D eigenvalue weighted by atomic mass is 16.7. The Kier molecular flexibility index (Phi) is 3.75. The van der Waals surface area contributed by atoms with Gasteiger partial charge < -0.3 is 19.5 Å². The summed E-state index contributed by atoms with van der Waals surface area (Å²) in [7, 11) is 0. The number of hydrogen-bond acceptors (Lipinski definition) is 4. The van der Waals surface area contributed by atoms with E-state index in [0.717, 1.165) is 39.4 Å². The van der Waals surface area contributed by atoms with Gasteiger partial charge in [0.05, 0.1) is 19.8 Å². The van der Waals surface area contributed by atoms with E-state index in [4.69, 9.17) is 14.2 Å². The number of nitrogens with one attached hydrogen (secondary N) is 1. The Bertz CT molecular complexity index is 171. The molecule has 0 aromatic rings. The van der Waals surface area contributed by atoms with Crippen molar-refractivity contribution in [2.24, 2.45) is 5.92 Å². The van der Waals surface area contributed by atoms with Gasteiger partial charge in [-0.2, -0.15) is 0 Å². The zero-order chi connectivity index (χ0) is 9.80. The molecule has 0 aromatic heterocycles. The van der Waals surface area contributed by atoms with Gasteiger partial charge in [0.25, 0.3) is 0 Å². The molecule has 1 N–H and O–H groups in total. The number of ether oxygens (including phenoxy) is 3. The maximum absolute atomic E-state index is 5.38. The van der Waals surface area contributed by atoms with Gasteiger partial charge in [0, 0.05) is 19.2 Å². The average Bonchev–Trinajstić information content (AvgIpc) is 2.69. The van der Waals surface area contributed by atoms with E-state index in [0.29, 0.717) is 12.0 Å². The van der Waals surface area contributed by atoms with Crippen LogP contribution < -0.4 is 5.32 Å². The van der Waals surface area contributed by atoms with Crippen LogP contribution in [-0.2, 0) is 14.2 Å². The van der Waals surface area contributed by atoms with Crippen LogP contribution >= 0.6 is 0 Å². The molecule has 2 unspecified atom stereocenters. The van der Waals surface area contributed by atoms with Crippen molar-refractivity contribution >= 4 is 0 Å². The lowest BCUT2D eigenvalue weighted by atomic mass is 9.98. The summed E-state index contributed by atoms with van der Waals surface area (Å²) in [6, 6.07) is 0.552. The monoisotopic (exact) mass is 201 g/mol. The fourth-order valence-corrected chi connectivity index (χ4v) is 1.96. The highest BCUT2D eigenvalue weighted by Gasteiger charge is 2.23. The van der Waals surface area contributed by atoms with Crippen LogP contribution in [0.4, 0.5) is 0 Å². The Morgan fingerprint density at radius 1 is 1.21 bits per heavy atom. The lowest BCUT2D eigenvalue weighted by Crippen LogP contribution is -2.44. The molecule has 2 aliphatic heterocycles. The largest absolute Gasteiger partial charge is 0.381 e. The molecule has 2 aliphatic rings. The highest BCUT2D eigenvalue weighted by molar-refractivity contribution is 4.77. The summed E-state index contributed by atoms with van der Waals surface area (Å²) in [6.45, 7) is 6.21. The van der Waals surface area contributed by atoms with Crippen LogP contribution in [0.5, 0.6) is 0 Å². The number of rotatable bonds is 3. The van der Waals surface area contributed by atoms with Gasteiger partial charge in [-0.3, -0.25) is 0 Å². The predicted octanol–water partition coefficient (Wildman–Crippen LogP) is 0.374. The molecule has 0 aliphatic carbocycles. The van der Waals surface area contributed by atoms with E-state index in [2.05, 4.69) is 12.2 Å². The highest BCUT2D eigenvalue weighted by Crippen LogP contribution is 2.14. The molecule has 0 radical (unpaired) electrons. The molecule has 2 heterocycles. The second kappa shape index (κ2) is 5.07. The van der Waals surface area contributed by atoms with E-state index in [9.17, 15) is 0 Å². The van der Waals surface area contributed by atoms with E-state index in [1.807, 2.05) is 0 Å². The van der Waals surface area contributed by atoms with Crippen molar-refractivity contribution in [2.45, 2.75) is 25.7 Å². The minimum absolute atomic E-state index is 0.0370. The third-order valence-electron chi connectivity index (χ3n) is 2.88. The van der Waals surface area contributed by atoms with Crippen molar-refractivity contribution in [2.75, 3.05) is 33.0 Å². The van der Waals surface area contributed by atoms with E-state index in [-0.39, 0.29) is 6.29 Å². The van der Waals surface area contributed by atoms with E-state index >= 15 is 0 Å². The van der Waals surface area contributed by atoms with Crippen LogP contribution in [0.15, 0.2) is 0 Å². The zero-order valence-electron chi connectivity index (χ0n) is 8.70. The van der Waals surface area contributed by atoms with Gasteiger partial charge in [-0.25, -0.2) is 0 Å². The molecule has 2 atom stereocenters. The van der Waals surface area contributed by atoms with E-state index in [1.54, 1.807) is 0 Å². The van der Waals surface area contributed by atoms with Crippen molar-refractivity contribution < 1.29 is 14.2 Å². The molecule has 2 rings (SSSR count). The summed E-state index contributed by atoms with van der Waals surface area (Å²) in [6.07, 6.45) is 1.05. The normalized spacial score (nSPS) is 34.9. The third kappa shape index (κ3) is 2.67. The average molecular weight is 201 g/mol. The number of hydrogen-bond donors (Lipinski definition) is 1. The molecular formula is C10H19NO3. The second-order valence-corrected chi connectivity index (χ2v) is 4.03. The SMILES string of the molecule is CC1COCCC1NCC1OCCO1. The van der Waals surface area contributed by atoms with Gasteiger partial charge in [0.1, 0.15) is 0 Å². The van der Waals surface area contributed by atoms with Gasteiger partial charge in [0.15, 0.2) is 6.29 Å². The standard InChI is InChI=1S/C10H19NO3/c1-8-7-12-3-2-9(8)11-6-10-13-4-5-14-10/h8-11H,2-7H2,1H3. The first kappa shape index (κ1) is 10.4. The molecule has 82 valence electrons. The zero-order valence-corrected chi connectivity index (χ0v) is 8.70. The van der Waals surface area contributed by atoms with Crippen LogP contribution in [0, 0.1) is 5.92 Å². The third-order valence-corrected chi connectivity index (χ3v) is 2.88. The van der Waals surface area contributed by atoms with Crippen LogP contribution in [0.2, 0.25) is 0 Å². The molecule has 4 nitrogen and oxygen atoms in total. The predicted molar refractivity (Wildman–Crippen MR) is 52.1 cm³/mol. The summed E-state index contributed by atoms with van der Waals surface area (Å²) in [5.41, 5.74) is 0. The van der Waals surface area contributed by atoms with Crippen molar-refractivity contribution in [3.63, 3.8) is 0 Å². The van der Waals surface area contributed by atoms with Gasteiger partial charge in [-0.15, -0.1) is 0 Å². The molecule has 0 saturated carbocycles. The lowest BCUT2D eigenvalue weighted by molar-refractivity contribution is -0.0461. The summed E-state index contributed by atoms with van der Waals surface area (Å²) >= 11 is 0. The Morgan fingerprint density at radius 2 is 2.00 bits per heavy atom. The first-order chi connectivity index (χ1) is 6.86. The van der Waals surface area contributed by atoms with Crippen molar-refractivity contribution in [1.29, 1.82) is 0 Å². The van der Waals surface area contributed by atoms with Gasteiger partial charge in [-0.05, 0) is 12.3 Å². The van der Waals surface area contributed by atoms with E-state index in [1.165, 1.54) is 0 Å². The summed E-state index contributed by atoms with van der Waals surface area (Å²) in [5.74, 6) is 0.588. The molecule has 0 spiro atoms. The quantitative estimate of drug-likeness (QED) is 0.716. The molecule has 0 bridgehead atoms. The van der Waals surface area contributed by atoms with Crippen molar-refractivity contribution in [1.82, 2.24) is 5.32 Å². The van der Waals surface area contributed by atoms with Crippen molar-refractivity contribution in [3.05, 3.63) is 0 Å². The Labute approximate surface area is 84.9 Å². The van der Waals surface area contributed by atoms with Crippen LogP contribution in [0.25, 0.3) is 0 Å². The van der Waals surface area contributed by atoms with Gasteiger partial charge >= 0.3 is 0 Å². The van der Waals surface area contributed by atoms with Gasteiger partial charge in [-0.1, -0.05) is 6.92 Å². The Balaban J connectivity index is 1.67. The van der Waals surface area contributed by atoms with Crippen LogP contribution in [0.3, 0.4) is 0 Å². The summed E-state index contributed by atoms with van der Waals surface area (Å²) in [5, 5.41) is 3.48. The smallest absolute Gasteiger partial charge is 0.170 e. The molecule has 2 saturated heterocycles. The topological polar surface area (TPSA) is 39.7 Å². The molecule has 0 amide bonds. The first-order valence-corrected chi connectivity index (χ1v) is 5.40. The fraction of sp³-hybridized carbons (Fsp3) is 1.00. The molecule has 0 aromatic carbocycles. The molecule has 2 fully saturated rings. The van der Waals surface area contributed by atoms with E-state index < -0.39 is 0 Å². The fourth-order valence-electron chi connectivity index (χ4n) is 1.96. The Morgan fingerprint density at radius 3 is 2.71 bits per heavy atom. The summed E-state index contributed by atoms with van der Waals surface area (Å²) in [4.78, 5) is 0. The Hall–Kier alpha value is -0.160. The maximum Gasteiger partial charge on any atom is 0.170 e. The molecular weight excluding hydrogens is 182 g/mol. The summed E-state index contributed by atoms with van der Waals surface area (Å²) < 4.78 is 16.1. The van der Waals surface area contributed by atoms with Crippen molar-refractivity contribution in [3.8, 4) is 0 Å². The first-order valence-electron chi connectivity index (χ1n) is 5.40. The van der Waals surface area contributed by atoms with Crippen LogP contribution in [0.1, 0.15) is 13.3 Å². The maximum atomic E-state index is 5.38. The van der Waals surface area contributed by atoms with Crippen LogP contribution in [-0.4, -0.2) is 45.3 Å². The molecule has 14 heavy (non-hydrogen) atoms. The second-order valence-electron chi connectivity index (χ2n) is 4.03. The minimum Gasteiger partial charge on any atom is -0.381 e. The minimum atomic E-state index is -0.0370.